The van der Waals surface area contributed by atoms with Crippen LogP contribution in [0.4, 0.5) is 5.69 Å². The summed E-state index contributed by atoms with van der Waals surface area (Å²) in [5, 5.41) is 15.0. The van der Waals surface area contributed by atoms with Crippen molar-refractivity contribution in [2.75, 3.05) is 25.5 Å². The molecule has 0 unspecified atom stereocenters. The number of methoxy groups -OCH3 is 1. The molecule has 0 saturated heterocycles. The number of nitrogens with zero attached hydrogens (tertiary/aromatic N) is 2. The number of nitriles is 1. The molecule has 2 atom stereocenters. The first kappa shape index (κ1) is 22.5. The fourth-order valence-electron chi connectivity index (χ4n) is 2.41. The van der Waals surface area contributed by atoms with Crippen LogP contribution in [-0.4, -0.2) is 48.5 Å². The summed E-state index contributed by atoms with van der Waals surface area (Å²) >= 11 is 0. The van der Waals surface area contributed by atoms with Crippen molar-refractivity contribution in [1.29, 1.82) is 5.26 Å². The van der Waals surface area contributed by atoms with E-state index < -0.39 is 11.6 Å². The molecule has 0 aliphatic carbocycles. The van der Waals surface area contributed by atoms with Gasteiger partial charge >= 0.3 is 0 Å². The summed E-state index contributed by atoms with van der Waals surface area (Å²) in [4.78, 5) is 26.7. The van der Waals surface area contributed by atoms with Crippen LogP contribution < -0.4 is 15.4 Å². The second-order valence-electron chi connectivity index (χ2n) is 6.97. The Morgan fingerprint density at radius 3 is 2.30 bits per heavy atom. The van der Waals surface area contributed by atoms with Gasteiger partial charge in [-0.05, 0) is 50.6 Å². The first-order valence-corrected chi connectivity index (χ1v) is 9.08. The molecule has 7 heteroatoms. The first-order chi connectivity index (χ1) is 12.7. The van der Waals surface area contributed by atoms with Crippen LogP contribution in [0.3, 0.4) is 0 Å². The van der Waals surface area contributed by atoms with Gasteiger partial charge in [0.2, 0.25) is 11.8 Å². The molecule has 1 aromatic rings. The highest BCUT2D eigenvalue weighted by molar-refractivity contribution is 5.93. The van der Waals surface area contributed by atoms with Crippen LogP contribution in [-0.2, 0) is 9.59 Å². The van der Waals surface area contributed by atoms with Gasteiger partial charge in [-0.3, -0.25) is 14.5 Å². The van der Waals surface area contributed by atoms with Gasteiger partial charge in [-0.2, -0.15) is 5.26 Å². The highest BCUT2D eigenvalue weighted by Crippen LogP contribution is 2.17. The molecule has 0 heterocycles. The largest absolute Gasteiger partial charge is 0.497 e. The lowest BCUT2D eigenvalue weighted by atomic mass is 9.89. The van der Waals surface area contributed by atoms with Crippen molar-refractivity contribution < 1.29 is 14.3 Å². The molecule has 1 rings (SSSR count). The van der Waals surface area contributed by atoms with Crippen molar-refractivity contribution in [3.05, 3.63) is 24.3 Å². The fraction of sp³-hybridized carbons (Fsp3) is 0.550. The molecule has 0 spiro atoms. The van der Waals surface area contributed by atoms with Gasteiger partial charge in [0.05, 0.1) is 25.8 Å². The van der Waals surface area contributed by atoms with E-state index in [1.165, 1.54) is 0 Å². The third-order valence-corrected chi connectivity index (χ3v) is 4.82. The number of rotatable bonds is 9. The lowest BCUT2D eigenvalue weighted by Gasteiger charge is -2.32. The van der Waals surface area contributed by atoms with Gasteiger partial charge in [-0.25, -0.2) is 0 Å². The van der Waals surface area contributed by atoms with E-state index in [0.717, 1.165) is 0 Å². The number of ether oxygens (including phenoxy) is 1. The van der Waals surface area contributed by atoms with Gasteiger partial charge in [-0.1, -0.05) is 20.8 Å². The van der Waals surface area contributed by atoms with Crippen LogP contribution in [0.25, 0.3) is 0 Å². The normalized spacial score (nSPS) is 14.2. The summed E-state index contributed by atoms with van der Waals surface area (Å²) in [6.45, 7) is 9.68. The van der Waals surface area contributed by atoms with Gasteiger partial charge in [0, 0.05) is 5.69 Å². The molecule has 148 valence electrons. The summed E-state index contributed by atoms with van der Waals surface area (Å²) in [5.74, 6) is 0.187. The Morgan fingerprint density at radius 1 is 1.26 bits per heavy atom. The molecule has 7 nitrogen and oxygen atoms in total. The number of hydrogen-bond acceptors (Lipinski definition) is 5. The number of carbonyl (C=O) groups excluding carboxylic acids is 2. The molecule has 0 radical (unpaired) electrons. The molecule has 0 aliphatic heterocycles. The second-order valence-corrected chi connectivity index (χ2v) is 6.97. The van der Waals surface area contributed by atoms with Crippen LogP contribution in [0.1, 0.15) is 34.6 Å². The van der Waals surface area contributed by atoms with E-state index in [-0.39, 0.29) is 24.3 Å². The Morgan fingerprint density at radius 2 is 1.85 bits per heavy atom. The monoisotopic (exact) mass is 374 g/mol. The van der Waals surface area contributed by atoms with Gasteiger partial charge in [0.25, 0.3) is 0 Å². The second kappa shape index (κ2) is 9.93. The molecule has 2 N–H and O–H groups in total. The molecule has 0 aromatic heterocycles. The Kier molecular flexibility index (Phi) is 8.26. The van der Waals surface area contributed by atoms with Crippen molar-refractivity contribution >= 4 is 17.5 Å². The lowest BCUT2D eigenvalue weighted by molar-refractivity contribution is -0.128. The zero-order valence-electron chi connectivity index (χ0n) is 17.0. The van der Waals surface area contributed by atoms with Crippen molar-refractivity contribution in [2.45, 2.75) is 46.2 Å². The third-order valence-electron chi connectivity index (χ3n) is 4.82. The average Bonchev–Trinajstić information content (AvgIpc) is 2.65. The maximum atomic E-state index is 12.6. The Balaban J connectivity index is 2.71. The zero-order valence-corrected chi connectivity index (χ0v) is 17.0. The van der Waals surface area contributed by atoms with Crippen molar-refractivity contribution in [2.24, 2.45) is 5.92 Å². The number of amides is 2. The minimum Gasteiger partial charge on any atom is -0.497 e. The van der Waals surface area contributed by atoms with Crippen LogP contribution in [0, 0.1) is 17.2 Å². The summed E-state index contributed by atoms with van der Waals surface area (Å²) in [6.07, 6.45) is 0. The average molecular weight is 374 g/mol. The minimum atomic E-state index is -0.948. The summed E-state index contributed by atoms with van der Waals surface area (Å²) in [5.41, 5.74) is -0.290. The Hall–Kier alpha value is -2.59. The minimum absolute atomic E-state index is 0.0351. The van der Waals surface area contributed by atoms with E-state index in [2.05, 4.69) is 16.7 Å². The number of benzene rings is 1. The molecule has 0 bridgehead atoms. The fourth-order valence-corrected chi connectivity index (χ4v) is 2.41. The van der Waals surface area contributed by atoms with E-state index in [1.54, 1.807) is 50.1 Å². The van der Waals surface area contributed by atoms with Crippen LogP contribution >= 0.6 is 0 Å². The number of anilines is 1. The van der Waals surface area contributed by atoms with E-state index in [1.807, 2.05) is 20.8 Å². The number of carbonyl (C=O) groups is 2. The lowest BCUT2D eigenvalue weighted by Crippen LogP contribution is -2.55. The predicted molar refractivity (Wildman–Crippen MR) is 105 cm³/mol. The van der Waals surface area contributed by atoms with Crippen molar-refractivity contribution in [3.63, 3.8) is 0 Å². The van der Waals surface area contributed by atoms with Crippen LogP contribution in [0.15, 0.2) is 24.3 Å². The number of likely N-dealkylation sites (N-methyl/N-ethyl adjacent to an activating group) is 1. The highest BCUT2D eigenvalue weighted by atomic mass is 16.5. The Bertz CT molecular complexity index is 681. The predicted octanol–water partition coefficient (Wildman–Crippen LogP) is 2.40. The molecule has 2 amide bonds. The summed E-state index contributed by atoms with van der Waals surface area (Å²) in [6, 6.07) is 8.66. The van der Waals surface area contributed by atoms with Gasteiger partial charge in [0.15, 0.2) is 0 Å². The van der Waals surface area contributed by atoms with E-state index >= 15 is 0 Å². The van der Waals surface area contributed by atoms with E-state index in [9.17, 15) is 14.9 Å². The van der Waals surface area contributed by atoms with Gasteiger partial charge in [-0.15, -0.1) is 0 Å². The van der Waals surface area contributed by atoms with Gasteiger partial charge in [0.1, 0.15) is 11.3 Å². The number of hydrogen-bond donors (Lipinski definition) is 2. The van der Waals surface area contributed by atoms with Crippen molar-refractivity contribution in [1.82, 2.24) is 10.2 Å². The first-order valence-electron chi connectivity index (χ1n) is 9.08. The smallest absolute Gasteiger partial charge is 0.238 e. The van der Waals surface area contributed by atoms with Crippen molar-refractivity contribution in [3.8, 4) is 11.8 Å². The van der Waals surface area contributed by atoms with Gasteiger partial charge < -0.3 is 15.4 Å². The highest BCUT2D eigenvalue weighted by Gasteiger charge is 2.33. The maximum absolute atomic E-state index is 12.6. The number of nitrogens with one attached hydrogen (secondary N) is 2. The third kappa shape index (κ3) is 6.26. The molecular formula is C20H30N4O3. The van der Waals surface area contributed by atoms with E-state index in [4.69, 9.17) is 4.74 Å². The molecule has 0 saturated carbocycles. The zero-order chi connectivity index (χ0) is 20.6. The summed E-state index contributed by atoms with van der Waals surface area (Å²) in [7, 11) is 1.58. The topological polar surface area (TPSA) is 94.5 Å². The quantitative estimate of drug-likeness (QED) is 0.692. The molecule has 0 fully saturated rings. The maximum Gasteiger partial charge on any atom is 0.238 e. The SMILES string of the molecule is CCN(CC(=O)Nc1ccc(OC)cc1)[C@@H](C)C(=O)N[C@@](C)(C#N)C(C)C. The molecule has 27 heavy (non-hydrogen) atoms. The molecular weight excluding hydrogens is 344 g/mol. The molecule has 0 aliphatic rings. The standard InChI is InChI=1S/C20H30N4O3/c1-7-24(15(4)19(26)23-20(5,13-21)14(2)3)12-18(25)22-16-8-10-17(27-6)11-9-16/h8-11,14-15H,7,12H2,1-6H3,(H,22,25)(H,23,26)/t15-,20-/m0/s1. The van der Waals surface area contributed by atoms with Crippen LogP contribution in [0.2, 0.25) is 0 Å². The summed E-state index contributed by atoms with van der Waals surface area (Å²) < 4.78 is 5.09. The van der Waals surface area contributed by atoms with Crippen LogP contribution in [0.5, 0.6) is 5.75 Å². The molecule has 1 aromatic carbocycles. The Labute approximate surface area is 161 Å². The van der Waals surface area contributed by atoms with E-state index in [0.29, 0.717) is 18.0 Å².